The van der Waals surface area contributed by atoms with Crippen molar-refractivity contribution in [3.05, 3.63) is 11.1 Å². The van der Waals surface area contributed by atoms with Crippen LogP contribution >= 0.6 is 0 Å². The quantitative estimate of drug-likeness (QED) is 0.500. The fourth-order valence-electron chi connectivity index (χ4n) is 3.34. The van der Waals surface area contributed by atoms with Gasteiger partial charge in [-0.05, 0) is 37.5 Å². The lowest BCUT2D eigenvalue weighted by Gasteiger charge is -2.23. The largest absolute Gasteiger partial charge is 0.299 e. The number of ketones is 1. The van der Waals surface area contributed by atoms with E-state index in [1.807, 2.05) is 0 Å². The molecule has 3 rings (SSSR count). The maximum atomic E-state index is 11.2. The Labute approximate surface area is 72.8 Å². The molecule has 12 heavy (non-hydrogen) atoms. The Balaban J connectivity index is 2.00. The summed E-state index contributed by atoms with van der Waals surface area (Å²) in [6.45, 7) is 0. The topological polar surface area (TPSA) is 17.1 Å². The first-order valence-electron chi connectivity index (χ1n) is 5.08. The molecule has 3 aliphatic rings. The van der Waals surface area contributed by atoms with Gasteiger partial charge in [0.15, 0.2) is 0 Å². The molecular formula is C11H14O. The van der Waals surface area contributed by atoms with Crippen molar-refractivity contribution < 1.29 is 4.79 Å². The van der Waals surface area contributed by atoms with Gasteiger partial charge in [-0.2, -0.15) is 0 Å². The molecule has 0 spiro atoms. The third-order valence-electron chi connectivity index (χ3n) is 3.89. The summed E-state index contributed by atoms with van der Waals surface area (Å²) in [6.07, 6.45) is 6.93. The predicted octanol–water partition coefficient (Wildman–Crippen LogP) is 2.47. The highest BCUT2D eigenvalue weighted by Gasteiger charge is 2.40. The smallest absolute Gasteiger partial charge is 0.137 e. The summed E-state index contributed by atoms with van der Waals surface area (Å²) < 4.78 is 0. The normalized spacial score (nSPS) is 39.2. The van der Waals surface area contributed by atoms with E-state index >= 15 is 0 Å². The highest BCUT2D eigenvalue weighted by atomic mass is 16.1. The molecule has 0 aromatic carbocycles. The molecule has 0 saturated heterocycles. The monoisotopic (exact) mass is 162 g/mol. The lowest BCUT2D eigenvalue weighted by atomic mass is 9.82. The van der Waals surface area contributed by atoms with E-state index in [1.54, 1.807) is 11.1 Å². The first-order chi connectivity index (χ1) is 5.84. The zero-order valence-corrected chi connectivity index (χ0v) is 7.31. The van der Waals surface area contributed by atoms with Crippen LogP contribution < -0.4 is 0 Å². The fraction of sp³-hybridized carbons (Fsp3) is 0.727. The van der Waals surface area contributed by atoms with Crippen molar-refractivity contribution in [1.29, 1.82) is 0 Å². The Bertz CT molecular complexity index is 275. The van der Waals surface area contributed by atoms with Gasteiger partial charge in [-0.25, -0.2) is 0 Å². The van der Waals surface area contributed by atoms with Gasteiger partial charge in [-0.1, -0.05) is 11.1 Å². The third-order valence-corrected chi connectivity index (χ3v) is 3.89. The summed E-state index contributed by atoms with van der Waals surface area (Å²) in [7, 11) is 0. The van der Waals surface area contributed by atoms with Crippen LogP contribution in [0, 0.1) is 11.8 Å². The van der Waals surface area contributed by atoms with Crippen LogP contribution in [0.2, 0.25) is 0 Å². The first-order valence-corrected chi connectivity index (χ1v) is 5.08. The lowest BCUT2D eigenvalue weighted by Crippen LogP contribution is -2.14. The van der Waals surface area contributed by atoms with Gasteiger partial charge in [0, 0.05) is 12.8 Å². The number of hydrogen-bond donors (Lipinski definition) is 0. The maximum Gasteiger partial charge on any atom is 0.137 e. The first kappa shape index (κ1) is 6.88. The number of fused-ring (bicyclic) bond motifs is 4. The molecule has 1 saturated carbocycles. The van der Waals surface area contributed by atoms with Crippen molar-refractivity contribution >= 4 is 5.78 Å². The maximum absolute atomic E-state index is 11.2. The van der Waals surface area contributed by atoms with Crippen molar-refractivity contribution in [3.63, 3.8) is 0 Å². The van der Waals surface area contributed by atoms with Gasteiger partial charge >= 0.3 is 0 Å². The molecule has 0 aromatic rings. The van der Waals surface area contributed by atoms with E-state index in [0.717, 1.165) is 31.1 Å². The van der Waals surface area contributed by atoms with Gasteiger partial charge in [0.05, 0.1) is 0 Å². The van der Waals surface area contributed by atoms with Crippen LogP contribution in [-0.2, 0) is 4.79 Å². The van der Waals surface area contributed by atoms with Crippen molar-refractivity contribution in [2.45, 2.75) is 38.5 Å². The SMILES string of the molecule is O=C1CCC2=C(C1)C1CCC2C1. The van der Waals surface area contributed by atoms with E-state index in [0.29, 0.717) is 5.78 Å². The van der Waals surface area contributed by atoms with E-state index in [4.69, 9.17) is 0 Å². The molecule has 0 heterocycles. The van der Waals surface area contributed by atoms with Crippen LogP contribution in [0.3, 0.4) is 0 Å². The average molecular weight is 162 g/mol. The molecule has 2 bridgehead atoms. The molecule has 64 valence electrons. The molecule has 0 aliphatic heterocycles. The van der Waals surface area contributed by atoms with Crippen LogP contribution in [0.1, 0.15) is 38.5 Å². The second-order valence-corrected chi connectivity index (χ2v) is 4.47. The number of rotatable bonds is 0. The minimum absolute atomic E-state index is 0.487. The highest BCUT2D eigenvalue weighted by molar-refractivity contribution is 5.83. The molecule has 1 nitrogen and oxygen atoms in total. The Hall–Kier alpha value is -0.590. The summed E-state index contributed by atoms with van der Waals surface area (Å²) in [6, 6.07) is 0. The van der Waals surface area contributed by atoms with Crippen molar-refractivity contribution in [2.75, 3.05) is 0 Å². The van der Waals surface area contributed by atoms with E-state index in [9.17, 15) is 4.79 Å². The predicted molar refractivity (Wildman–Crippen MR) is 46.7 cm³/mol. The van der Waals surface area contributed by atoms with Crippen LogP contribution in [0.4, 0.5) is 0 Å². The Morgan fingerprint density at radius 2 is 1.75 bits per heavy atom. The molecular weight excluding hydrogens is 148 g/mol. The number of carbonyl (C=O) groups excluding carboxylic acids is 1. The lowest BCUT2D eigenvalue weighted by molar-refractivity contribution is -0.118. The molecule has 0 N–H and O–H groups in total. The summed E-state index contributed by atoms with van der Waals surface area (Å²) in [5.74, 6) is 2.22. The van der Waals surface area contributed by atoms with E-state index < -0.39 is 0 Å². The standard InChI is InChI=1S/C11H14O/c12-9-3-4-10-7-1-2-8(5-7)11(10)6-9/h7-8H,1-6H2. The van der Waals surface area contributed by atoms with Crippen molar-refractivity contribution in [3.8, 4) is 0 Å². The molecule has 0 amide bonds. The van der Waals surface area contributed by atoms with Gasteiger partial charge in [0.25, 0.3) is 0 Å². The van der Waals surface area contributed by atoms with Crippen molar-refractivity contribution in [2.24, 2.45) is 11.8 Å². The van der Waals surface area contributed by atoms with Crippen LogP contribution in [0.5, 0.6) is 0 Å². The second-order valence-electron chi connectivity index (χ2n) is 4.47. The van der Waals surface area contributed by atoms with Gasteiger partial charge in [-0.3, -0.25) is 4.79 Å². The number of hydrogen-bond acceptors (Lipinski definition) is 1. The van der Waals surface area contributed by atoms with E-state index in [-0.39, 0.29) is 0 Å². The summed E-state index contributed by atoms with van der Waals surface area (Å²) in [5, 5.41) is 0. The number of carbonyl (C=O) groups is 1. The molecule has 2 atom stereocenters. The summed E-state index contributed by atoms with van der Waals surface area (Å²) in [4.78, 5) is 11.2. The van der Waals surface area contributed by atoms with Gasteiger partial charge in [0.2, 0.25) is 0 Å². The molecule has 0 aromatic heterocycles. The van der Waals surface area contributed by atoms with Crippen LogP contribution in [-0.4, -0.2) is 5.78 Å². The van der Waals surface area contributed by atoms with Crippen LogP contribution in [0.25, 0.3) is 0 Å². The van der Waals surface area contributed by atoms with Crippen LogP contribution in [0.15, 0.2) is 11.1 Å². The molecule has 3 aliphatic carbocycles. The number of allylic oxidation sites excluding steroid dienone is 2. The fourth-order valence-corrected chi connectivity index (χ4v) is 3.34. The molecule has 2 unspecified atom stereocenters. The minimum Gasteiger partial charge on any atom is -0.299 e. The Morgan fingerprint density at radius 1 is 1.00 bits per heavy atom. The average Bonchev–Trinajstić information content (AvgIpc) is 2.63. The van der Waals surface area contributed by atoms with Gasteiger partial charge < -0.3 is 0 Å². The minimum atomic E-state index is 0.487. The zero-order chi connectivity index (χ0) is 8.13. The van der Waals surface area contributed by atoms with E-state index in [1.165, 1.54) is 19.3 Å². The Kier molecular flexibility index (Phi) is 1.27. The summed E-state index contributed by atoms with van der Waals surface area (Å²) in [5.41, 5.74) is 3.27. The van der Waals surface area contributed by atoms with Crippen molar-refractivity contribution in [1.82, 2.24) is 0 Å². The van der Waals surface area contributed by atoms with Gasteiger partial charge in [-0.15, -0.1) is 0 Å². The molecule has 0 radical (unpaired) electrons. The third kappa shape index (κ3) is 0.769. The second kappa shape index (κ2) is 2.21. The number of Topliss-reactive ketones (excluding diaryl/α,β-unsaturated/α-hetero) is 1. The Morgan fingerprint density at radius 3 is 2.58 bits per heavy atom. The molecule has 1 heteroatoms. The van der Waals surface area contributed by atoms with E-state index in [2.05, 4.69) is 0 Å². The summed E-state index contributed by atoms with van der Waals surface area (Å²) >= 11 is 0. The highest BCUT2D eigenvalue weighted by Crippen LogP contribution is 2.52. The zero-order valence-electron chi connectivity index (χ0n) is 7.31. The van der Waals surface area contributed by atoms with Gasteiger partial charge in [0.1, 0.15) is 5.78 Å². The molecule has 1 fully saturated rings.